The van der Waals surface area contributed by atoms with Gasteiger partial charge in [-0.05, 0) is 20.3 Å². The maximum absolute atomic E-state index is 12.0. The molecule has 18 heavy (non-hydrogen) atoms. The number of carboxylic acids is 1. The van der Waals surface area contributed by atoms with Crippen LogP contribution in [-0.4, -0.2) is 54.4 Å². The molecule has 0 bridgehead atoms. The Labute approximate surface area is 107 Å². The minimum Gasteiger partial charge on any atom is -0.481 e. The van der Waals surface area contributed by atoms with Crippen molar-refractivity contribution in [1.82, 2.24) is 10.2 Å². The maximum Gasteiger partial charge on any atom is 0.317 e. The van der Waals surface area contributed by atoms with Crippen molar-refractivity contribution in [3.05, 3.63) is 0 Å². The third-order valence-electron chi connectivity index (χ3n) is 3.22. The van der Waals surface area contributed by atoms with Gasteiger partial charge < -0.3 is 20.1 Å². The van der Waals surface area contributed by atoms with Gasteiger partial charge in [-0.3, -0.25) is 4.79 Å². The Kier molecular flexibility index (Phi) is 4.95. The van der Waals surface area contributed by atoms with Crippen molar-refractivity contribution in [2.75, 3.05) is 26.3 Å². The van der Waals surface area contributed by atoms with E-state index < -0.39 is 11.4 Å². The van der Waals surface area contributed by atoms with Crippen LogP contribution in [0.2, 0.25) is 0 Å². The SMILES string of the molecule is CCC1COCCN1C(=O)NCC(C)(C)C(=O)O. The number of rotatable bonds is 4. The van der Waals surface area contributed by atoms with Crippen molar-refractivity contribution in [2.24, 2.45) is 5.41 Å². The molecule has 0 aromatic rings. The molecule has 1 saturated heterocycles. The van der Waals surface area contributed by atoms with E-state index >= 15 is 0 Å². The number of nitrogens with one attached hydrogen (secondary N) is 1. The largest absolute Gasteiger partial charge is 0.481 e. The first-order valence-corrected chi connectivity index (χ1v) is 6.24. The first-order chi connectivity index (χ1) is 8.38. The Hall–Kier alpha value is -1.30. The van der Waals surface area contributed by atoms with E-state index in [2.05, 4.69) is 5.32 Å². The summed E-state index contributed by atoms with van der Waals surface area (Å²) in [4.78, 5) is 24.7. The summed E-state index contributed by atoms with van der Waals surface area (Å²) < 4.78 is 5.32. The van der Waals surface area contributed by atoms with Crippen LogP contribution < -0.4 is 5.32 Å². The molecule has 0 radical (unpaired) electrons. The van der Waals surface area contributed by atoms with Gasteiger partial charge in [-0.25, -0.2) is 4.79 Å². The van der Waals surface area contributed by atoms with E-state index in [0.717, 1.165) is 6.42 Å². The van der Waals surface area contributed by atoms with Crippen LogP contribution >= 0.6 is 0 Å². The number of amides is 2. The standard InChI is InChI=1S/C12H22N2O4/c1-4-9-7-18-6-5-14(9)11(17)13-8-12(2,3)10(15)16/h9H,4-8H2,1-3H3,(H,13,17)(H,15,16). The Morgan fingerprint density at radius 3 is 2.72 bits per heavy atom. The summed E-state index contributed by atoms with van der Waals surface area (Å²) in [5, 5.41) is 11.7. The monoisotopic (exact) mass is 258 g/mol. The van der Waals surface area contributed by atoms with Crippen molar-refractivity contribution >= 4 is 12.0 Å². The van der Waals surface area contributed by atoms with Gasteiger partial charge in [-0.2, -0.15) is 0 Å². The molecule has 1 atom stereocenters. The molecule has 0 aliphatic carbocycles. The van der Waals surface area contributed by atoms with Crippen LogP contribution in [-0.2, 0) is 9.53 Å². The molecule has 104 valence electrons. The predicted octanol–water partition coefficient (Wildman–Crippen LogP) is 0.918. The van der Waals surface area contributed by atoms with Gasteiger partial charge in [-0.1, -0.05) is 6.92 Å². The van der Waals surface area contributed by atoms with Gasteiger partial charge >= 0.3 is 12.0 Å². The zero-order chi connectivity index (χ0) is 13.8. The molecule has 1 rings (SSSR count). The molecule has 0 saturated carbocycles. The van der Waals surface area contributed by atoms with Crippen LogP contribution in [0.25, 0.3) is 0 Å². The quantitative estimate of drug-likeness (QED) is 0.786. The van der Waals surface area contributed by atoms with E-state index in [1.165, 1.54) is 0 Å². The fraction of sp³-hybridized carbons (Fsp3) is 0.833. The van der Waals surface area contributed by atoms with Gasteiger partial charge in [0, 0.05) is 13.1 Å². The number of hydrogen-bond acceptors (Lipinski definition) is 3. The number of morpholine rings is 1. The zero-order valence-corrected chi connectivity index (χ0v) is 11.2. The summed E-state index contributed by atoms with van der Waals surface area (Å²) >= 11 is 0. The van der Waals surface area contributed by atoms with E-state index in [4.69, 9.17) is 9.84 Å². The summed E-state index contributed by atoms with van der Waals surface area (Å²) in [6.07, 6.45) is 0.829. The number of ether oxygens (including phenoxy) is 1. The lowest BCUT2D eigenvalue weighted by Crippen LogP contribution is -2.53. The molecule has 6 nitrogen and oxygen atoms in total. The lowest BCUT2D eigenvalue weighted by Gasteiger charge is -2.35. The van der Waals surface area contributed by atoms with Gasteiger partial charge in [0.1, 0.15) is 0 Å². The molecule has 6 heteroatoms. The number of carbonyl (C=O) groups is 2. The zero-order valence-electron chi connectivity index (χ0n) is 11.2. The fourth-order valence-electron chi connectivity index (χ4n) is 1.73. The van der Waals surface area contributed by atoms with Gasteiger partial charge in [0.25, 0.3) is 0 Å². The average Bonchev–Trinajstić information content (AvgIpc) is 2.35. The van der Waals surface area contributed by atoms with Crippen LogP contribution in [0.4, 0.5) is 4.79 Å². The average molecular weight is 258 g/mol. The Morgan fingerprint density at radius 2 is 2.17 bits per heavy atom. The molecule has 1 unspecified atom stereocenters. The summed E-state index contributed by atoms with van der Waals surface area (Å²) in [7, 11) is 0. The topological polar surface area (TPSA) is 78.9 Å². The summed E-state index contributed by atoms with van der Waals surface area (Å²) in [5.41, 5.74) is -0.955. The lowest BCUT2D eigenvalue weighted by molar-refractivity contribution is -0.146. The van der Waals surface area contributed by atoms with Crippen molar-refractivity contribution in [2.45, 2.75) is 33.2 Å². The smallest absolute Gasteiger partial charge is 0.317 e. The van der Waals surface area contributed by atoms with E-state index in [0.29, 0.717) is 19.8 Å². The number of hydrogen-bond donors (Lipinski definition) is 2. The fourth-order valence-corrected chi connectivity index (χ4v) is 1.73. The molecule has 0 spiro atoms. The molecule has 1 aliphatic rings. The summed E-state index contributed by atoms with van der Waals surface area (Å²) in [6, 6.07) is -0.133. The maximum atomic E-state index is 12.0. The van der Waals surface area contributed by atoms with Crippen LogP contribution in [0.5, 0.6) is 0 Å². The number of carbonyl (C=O) groups excluding carboxylic acids is 1. The second-order valence-corrected chi connectivity index (χ2v) is 5.18. The number of carboxylic acid groups (broad SMARTS) is 1. The Balaban J connectivity index is 2.51. The number of nitrogens with zero attached hydrogens (tertiary/aromatic N) is 1. The third kappa shape index (κ3) is 3.60. The first-order valence-electron chi connectivity index (χ1n) is 6.24. The van der Waals surface area contributed by atoms with Crippen LogP contribution in [0, 0.1) is 5.41 Å². The number of aliphatic carboxylic acids is 1. The third-order valence-corrected chi connectivity index (χ3v) is 3.22. The van der Waals surface area contributed by atoms with Crippen molar-refractivity contribution in [3.8, 4) is 0 Å². The van der Waals surface area contributed by atoms with Crippen molar-refractivity contribution in [1.29, 1.82) is 0 Å². The van der Waals surface area contributed by atoms with Crippen molar-refractivity contribution < 1.29 is 19.4 Å². The highest BCUT2D eigenvalue weighted by Gasteiger charge is 2.30. The molecular weight excluding hydrogens is 236 g/mol. The Bertz CT molecular complexity index is 317. The molecule has 0 aromatic carbocycles. The number of urea groups is 1. The van der Waals surface area contributed by atoms with Crippen LogP contribution in [0.1, 0.15) is 27.2 Å². The van der Waals surface area contributed by atoms with E-state index in [-0.39, 0.29) is 18.6 Å². The molecular formula is C12H22N2O4. The molecule has 1 fully saturated rings. The van der Waals surface area contributed by atoms with Gasteiger partial charge in [0.15, 0.2) is 0 Å². The van der Waals surface area contributed by atoms with E-state index in [1.54, 1.807) is 18.7 Å². The molecule has 1 aliphatic heterocycles. The second-order valence-electron chi connectivity index (χ2n) is 5.18. The molecule has 0 aromatic heterocycles. The minimum atomic E-state index is -0.955. The normalized spacial score (nSPS) is 20.6. The lowest BCUT2D eigenvalue weighted by atomic mass is 9.94. The summed E-state index contributed by atoms with van der Waals surface area (Å²) in [6.45, 7) is 6.94. The minimum absolute atomic E-state index is 0.0756. The highest BCUT2D eigenvalue weighted by atomic mass is 16.5. The van der Waals surface area contributed by atoms with Crippen LogP contribution in [0.3, 0.4) is 0 Å². The van der Waals surface area contributed by atoms with E-state index in [1.807, 2.05) is 6.92 Å². The van der Waals surface area contributed by atoms with E-state index in [9.17, 15) is 9.59 Å². The highest BCUT2D eigenvalue weighted by Crippen LogP contribution is 2.15. The van der Waals surface area contributed by atoms with Gasteiger partial charge in [-0.15, -0.1) is 0 Å². The Morgan fingerprint density at radius 1 is 1.50 bits per heavy atom. The van der Waals surface area contributed by atoms with Gasteiger partial charge in [0.05, 0.1) is 24.7 Å². The van der Waals surface area contributed by atoms with Crippen molar-refractivity contribution in [3.63, 3.8) is 0 Å². The molecule has 2 amide bonds. The molecule has 1 heterocycles. The molecule has 2 N–H and O–H groups in total. The van der Waals surface area contributed by atoms with Crippen LogP contribution in [0.15, 0.2) is 0 Å². The highest BCUT2D eigenvalue weighted by molar-refractivity contribution is 5.77. The predicted molar refractivity (Wildman–Crippen MR) is 66.4 cm³/mol. The van der Waals surface area contributed by atoms with Gasteiger partial charge in [0.2, 0.25) is 0 Å². The summed E-state index contributed by atoms with van der Waals surface area (Å²) in [5.74, 6) is -0.920. The second kappa shape index (κ2) is 6.04. The first kappa shape index (κ1) is 14.8.